The number of thioether (sulfide) groups is 1. The highest BCUT2D eigenvalue weighted by Crippen LogP contribution is 2.25. The third kappa shape index (κ3) is 6.85. The van der Waals surface area contributed by atoms with E-state index in [0.717, 1.165) is 19.3 Å². The first-order chi connectivity index (χ1) is 9.65. The zero-order chi connectivity index (χ0) is 14.8. The molecule has 0 aliphatic rings. The van der Waals surface area contributed by atoms with Gasteiger partial charge in [0, 0.05) is 6.42 Å². The van der Waals surface area contributed by atoms with Crippen molar-refractivity contribution in [3.8, 4) is 0 Å². The number of aromatic nitrogens is 2. The van der Waals surface area contributed by atoms with E-state index in [2.05, 4.69) is 22.4 Å². The van der Waals surface area contributed by atoms with Gasteiger partial charge in [0.1, 0.15) is 0 Å². The summed E-state index contributed by atoms with van der Waals surface area (Å²) in [5, 5.41) is 11.0. The molecule has 1 aromatic heterocycles. The van der Waals surface area contributed by atoms with Crippen LogP contribution in [-0.2, 0) is 14.3 Å². The fourth-order valence-electron chi connectivity index (χ4n) is 1.36. The highest BCUT2D eigenvalue weighted by atomic mass is 32.2. The number of hydrogen-bond donors (Lipinski definition) is 1. The summed E-state index contributed by atoms with van der Waals surface area (Å²) in [6.45, 7) is 4.23. The van der Waals surface area contributed by atoms with Crippen molar-refractivity contribution in [3.63, 3.8) is 0 Å². The lowest BCUT2D eigenvalue weighted by molar-refractivity contribution is -0.139. The van der Waals surface area contributed by atoms with Crippen LogP contribution in [0.15, 0.2) is 4.34 Å². The van der Waals surface area contributed by atoms with E-state index >= 15 is 0 Å². The van der Waals surface area contributed by atoms with Gasteiger partial charge in [0.2, 0.25) is 11.0 Å². The molecule has 0 saturated heterocycles. The van der Waals surface area contributed by atoms with Gasteiger partial charge in [-0.1, -0.05) is 42.9 Å². The first kappa shape index (κ1) is 16.9. The summed E-state index contributed by atoms with van der Waals surface area (Å²) in [5.41, 5.74) is 0. The van der Waals surface area contributed by atoms with Crippen LogP contribution in [0.2, 0.25) is 0 Å². The Morgan fingerprint density at radius 2 is 2.10 bits per heavy atom. The molecule has 6 nitrogen and oxygen atoms in total. The number of ether oxygens (including phenoxy) is 1. The van der Waals surface area contributed by atoms with Gasteiger partial charge in [-0.15, -0.1) is 10.2 Å². The molecule has 0 atom stereocenters. The van der Waals surface area contributed by atoms with Crippen LogP contribution in [0.3, 0.4) is 0 Å². The molecule has 0 aliphatic heterocycles. The predicted molar refractivity (Wildman–Crippen MR) is 80.0 cm³/mol. The van der Waals surface area contributed by atoms with Crippen molar-refractivity contribution in [1.29, 1.82) is 0 Å². The van der Waals surface area contributed by atoms with Crippen molar-refractivity contribution in [1.82, 2.24) is 10.2 Å². The Morgan fingerprint density at radius 3 is 2.80 bits per heavy atom. The predicted octanol–water partition coefficient (Wildman–Crippen LogP) is 2.71. The molecule has 0 spiro atoms. The number of amides is 1. The summed E-state index contributed by atoms with van der Waals surface area (Å²) < 4.78 is 5.46. The molecule has 0 aromatic carbocycles. The van der Waals surface area contributed by atoms with Crippen molar-refractivity contribution in [2.75, 3.05) is 17.7 Å². The smallest absolute Gasteiger partial charge is 0.316 e. The van der Waals surface area contributed by atoms with Crippen LogP contribution in [0, 0.1) is 0 Å². The molecule has 0 unspecified atom stereocenters. The van der Waals surface area contributed by atoms with Gasteiger partial charge in [-0.05, 0) is 13.3 Å². The number of anilines is 1. The Kier molecular flexibility index (Phi) is 8.20. The second kappa shape index (κ2) is 9.71. The van der Waals surface area contributed by atoms with E-state index in [1.54, 1.807) is 6.92 Å². The maximum absolute atomic E-state index is 11.6. The van der Waals surface area contributed by atoms with Gasteiger partial charge in [0.15, 0.2) is 4.34 Å². The molecule has 20 heavy (non-hydrogen) atoms. The van der Waals surface area contributed by atoms with E-state index in [1.807, 2.05) is 0 Å². The van der Waals surface area contributed by atoms with E-state index < -0.39 is 0 Å². The zero-order valence-corrected chi connectivity index (χ0v) is 13.3. The fourth-order valence-corrected chi connectivity index (χ4v) is 2.93. The lowest BCUT2D eigenvalue weighted by Crippen LogP contribution is -2.10. The third-order valence-corrected chi connectivity index (χ3v) is 4.22. The van der Waals surface area contributed by atoms with Crippen LogP contribution in [-0.4, -0.2) is 34.4 Å². The molecule has 1 rings (SSSR count). The number of hydrogen-bond acceptors (Lipinski definition) is 7. The van der Waals surface area contributed by atoms with E-state index in [0.29, 0.717) is 22.5 Å². The van der Waals surface area contributed by atoms with E-state index in [4.69, 9.17) is 4.74 Å². The van der Waals surface area contributed by atoms with Crippen molar-refractivity contribution in [2.45, 2.75) is 43.9 Å². The fraction of sp³-hybridized carbons (Fsp3) is 0.667. The molecular formula is C12H19N3O3S2. The highest BCUT2D eigenvalue weighted by Gasteiger charge is 2.10. The summed E-state index contributed by atoms with van der Waals surface area (Å²) in [5.74, 6) is -0.123. The molecule has 1 heterocycles. The number of esters is 1. The first-order valence-electron chi connectivity index (χ1n) is 6.57. The van der Waals surface area contributed by atoms with Gasteiger partial charge < -0.3 is 10.1 Å². The Morgan fingerprint density at radius 1 is 1.30 bits per heavy atom. The van der Waals surface area contributed by atoms with Gasteiger partial charge in [0.05, 0.1) is 12.4 Å². The van der Waals surface area contributed by atoms with Gasteiger partial charge >= 0.3 is 5.97 Å². The SMILES string of the molecule is CCCCCC(=O)Nc1nnc(SCC(=O)OCC)s1. The van der Waals surface area contributed by atoms with Crippen molar-refractivity contribution in [3.05, 3.63) is 0 Å². The standard InChI is InChI=1S/C12H19N3O3S2/c1-3-5-6-7-9(16)13-11-14-15-12(20-11)19-8-10(17)18-4-2/h3-8H2,1-2H3,(H,13,14,16). The molecular weight excluding hydrogens is 298 g/mol. The van der Waals surface area contributed by atoms with Crippen LogP contribution in [0.4, 0.5) is 5.13 Å². The molecule has 8 heteroatoms. The quantitative estimate of drug-likeness (QED) is 0.326. The van der Waals surface area contributed by atoms with Crippen LogP contribution in [0.1, 0.15) is 39.5 Å². The lowest BCUT2D eigenvalue weighted by Gasteiger charge is -1.99. The maximum atomic E-state index is 11.6. The average Bonchev–Trinajstić information content (AvgIpc) is 2.85. The van der Waals surface area contributed by atoms with Crippen molar-refractivity contribution < 1.29 is 14.3 Å². The van der Waals surface area contributed by atoms with Gasteiger partial charge in [-0.2, -0.15) is 0 Å². The largest absolute Gasteiger partial charge is 0.465 e. The number of rotatable bonds is 9. The van der Waals surface area contributed by atoms with Crippen molar-refractivity contribution >= 4 is 40.1 Å². The second-order valence-electron chi connectivity index (χ2n) is 3.97. The van der Waals surface area contributed by atoms with Crippen molar-refractivity contribution in [2.24, 2.45) is 0 Å². The number of carbonyl (C=O) groups excluding carboxylic acids is 2. The minimum atomic E-state index is -0.280. The van der Waals surface area contributed by atoms with Crippen LogP contribution in [0.5, 0.6) is 0 Å². The molecule has 0 saturated carbocycles. The summed E-state index contributed by atoms with van der Waals surface area (Å²) >= 11 is 2.52. The average molecular weight is 317 g/mol. The minimum Gasteiger partial charge on any atom is -0.465 e. The number of unbranched alkanes of at least 4 members (excludes halogenated alkanes) is 2. The lowest BCUT2D eigenvalue weighted by atomic mass is 10.2. The molecule has 1 N–H and O–H groups in total. The highest BCUT2D eigenvalue weighted by molar-refractivity contribution is 8.01. The topological polar surface area (TPSA) is 81.2 Å². The summed E-state index contributed by atoms with van der Waals surface area (Å²) in [6.07, 6.45) is 3.51. The summed E-state index contributed by atoms with van der Waals surface area (Å²) in [6, 6.07) is 0. The van der Waals surface area contributed by atoms with Crippen LogP contribution < -0.4 is 5.32 Å². The molecule has 1 amide bonds. The minimum absolute atomic E-state index is 0.0449. The van der Waals surface area contributed by atoms with Gasteiger partial charge in [0.25, 0.3) is 0 Å². The van der Waals surface area contributed by atoms with Gasteiger partial charge in [-0.3, -0.25) is 9.59 Å². The van der Waals surface area contributed by atoms with Gasteiger partial charge in [-0.25, -0.2) is 0 Å². The van der Waals surface area contributed by atoms with E-state index in [9.17, 15) is 9.59 Å². The first-order valence-corrected chi connectivity index (χ1v) is 8.37. The zero-order valence-electron chi connectivity index (χ0n) is 11.7. The number of nitrogens with one attached hydrogen (secondary N) is 1. The normalized spacial score (nSPS) is 10.3. The third-order valence-electron chi connectivity index (χ3n) is 2.28. The Labute approximate surface area is 126 Å². The molecule has 0 aliphatic carbocycles. The Bertz CT molecular complexity index is 437. The molecule has 0 bridgehead atoms. The Hall–Kier alpha value is -1.15. The number of nitrogens with zero attached hydrogens (tertiary/aromatic N) is 2. The molecule has 1 aromatic rings. The maximum Gasteiger partial charge on any atom is 0.316 e. The molecule has 0 fully saturated rings. The van der Waals surface area contributed by atoms with E-state index in [1.165, 1.54) is 23.1 Å². The second-order valence-corrected chi connectivity index (χ2v) is 6.17. The Balaban J connectivity index is 2.31. The number of carbonyl (C=O) groups is 2. The monoisotopic (exact) mass is 317 g/mol. The summed E-state index contributed by atoms with van der Waals surface area (Å²) in [4.78, 5) is 22.8. The molecule has 112 valence electrons. The molecule has 0 radical (unpaired) electrons. The summed E-state index contributed by atoms with van der Waals surface area (Å²) in [7, 11) is 0. The van der Waals surface area contributed by atoms with E-state index in [-0.39, 0.29) is 17.6 Å². The van der Waals surface area contributed by atoms with Crippen LogP contribution >= 0.6 is 23.1 Å². The van der Waals surface area contributed by atoms with Crippen LogP contribution in [0.25, 0.3) is 0 Å².